The SMILES string of the molecule is COc1ccc(CN[C@H](C)c2ccccc2Cl)cc1O. The maximum atomic E-state index is 9.74. The van der Waals surface area contributed by atoms with Crippen LogP contribution in [0.2, 0.25) is 5.02 Å². The fourth-order valence-corrected chi connectivity index (χ4v) is 2.35. The average Bonchev–Trinajstić information content (AvgIpc) is 2.45. The molecule has 2 N–H and O–H groups in total. The van der Waals surface area contributed by atoms with Crippen LogP contribution in [0.3, 0.4) is 0 Å². The number of ether oxygens (including phenoxy) is 1. The number of phenolic OH excluding ortho intramolecular Hbond substituents is 1. The van der Waals surface area contributed by atoms with Gasteiger partial charge in [0.2, 0.25) is 0 Å². The summed E-state index contributed by atoms with van der Waals surface area (Å²) in [6, 6.07) is 13.3. The molecule has 0 saturated heterocycles. The number of halogens is 1. The van der Waals surface area contributed by atoms with Crippen molar-refractivity contribution < 1.29 is 9.84 Å². The molecule has 2 aromatic carbocycles. The van der Waals surface area contributed by atoms with Gasteiger partial charge in [-0.05, 0) is 36.2 Å². The number of nitrogens with one attached hydrogen (secondary N) is 1. The van der Waals surface area contributed by atoms with E-state index in [0.717, 1.165) is 16.1 Å². The Kier molecular flexibility index (Phi) is 4.88. The first-order valence-electron chi connectivity index (χ1n) is 6.45. The van der Waals surface area contributed by atoms with Gasteiger partial charge in [-0.1, -0.05) is 35.9 Å². The number of rotatable bonds is 5. The van der Waals surface area contributed by atoms with Gasteiger partial charge in [0.05, 0.1) is 7.11 Å². The van der Waals surface area contributed by atoms with Gasteiger partial charge in [-0.15, -0.1) is 0 Å². The Balaban J connectivity index is 2.02. The smallest absolute Gasteiger partial charge is 0.160 e. The van der Waals surface area contributed by atoms with Gasteiger partial charge in [-0.2, -0.15) is 0 Å². The number of hydrogen-bond donors (Lipinski definition) is 2. The third-order valence-electron chi connectivity index (χ3n) is 3.23. The van der Waals surface area contributed by atoms with Crippen molar-refractivity contribution in [1.29, 1.82) is 0 Å². The second kappa shape index (κ2) is 6.64. The molecule has 0 spiro atoms. The molecule has 2 aromatic rings. The highest BCUT2D eigenvalue weighted by Crippen LogP contribution is 2.27. The highest BCUT2D eigenvalue weighted by atomic mass is 35.5. The summed E-state index contributed by atoms with van der Waals surface area (Å²) in [5.41, 5.74) is 2.05. The molecule has 0 fully saturated rings. The molecule has 20 heavy (non-hydrogen) atoms. The van der Waals surface area contributed by atoms with E-state index in [9.17, 15) is 5.11 Å². The Bertz CT molecular complexity index is 586. The van der Waals surface area contributed by atoms with Crippen LogP contribution in [0.15, 0.2) is 42.5 Å². The lowest BCUT2D eigenvalue weighted by molar-refractivity contribution is 0.373. The van der Waals surface area contributed by atoms with Crippen molar-refractivity contribution in [3.05, 3.63) is 58.6 Å². The molecule has 3 nitrogen and oxygen atoms in total. The van der Waals surface area contributed by atoms with Gasteiger partial charge in [0, 0.05) is 17.6 Å². The first kappa shape index (κ1) is 14.7. The molecule has 0 aliphatic rings. The van der Waals surface area contributed by atoms with Crippen molar-refractivity contribution in [3.8, 4) is 11.5 Å². The maximum Gasteiger partial charge on any atom is 0.160 e. The molecule has 0 aliphatic carbocycles. The Morgan fingerprint density at radius 3 is 2.65 bits per heavy atom. The molecule has 0 radical (unpaired) electrons. The van der Waals surface area contributed by atoms with Crippen LogP contribution in [-0.2, 0) is 6.54 Å². The van der Waals surface area contributed by atoms with E-state index in [4.69, 9.17) is 16.3 Å². The molecule has 0 aromatic heterocycles. The van der Waals surface area contributed by atoms with E-state index >= 15 is 0 Å². The minimum atomic E-state index is 0.132. The zero-order valence-corrected chi connectivity index (χ0v) is 12.3. The van der Waals surface area contributed by atoms with Gasteiger partial charge in [0.15, 0.2) is 11.5 Å². The van der Waals surface area contributed by atoms with Crippen LogP contribution in [-0.4, -0.2) is 12.2 Å². The summed E-state index contributed by atoms with van der Waals surface area (Å²) < 4.78 is 5.02. The Labute approximate surface area is 124 Å². The van der Waals surface area contributed by atoms with Crippen molar-refractivity contribution in [2.75, 3.05) is 7.11 Å². The first-order chi connectivity index (χ1) is 9.61. The molecule has 2 rings (SSSR count). The fraction of sp³-hybridized carbons (Fsp3) is 0.250. The van der Waals surface area contributed by atoms with Crippen LogP contribution < -0.4 is 10.1 Å². The fourth-order valence-electron chi connectivity index (χ4n) is 2.05. The molecule has 0 amide bonds. The molecule has 1 atom stereocenters. The topological polar surface area (TPSA) is 41.5 Å². The summed E-state index contributed by atoms with van der Waals surface area (Å²) in [6.07, 6.45) is 0. The zero-order valence-electron chi connectivity index (χ0n) is 11.6. The zero-order chi connectivity index (χ0) is 14.5. The molecule has 106 valence electrons. The maximum absolute atomic E-state index is 9.74. The van der Waals surface area contributed by atoms with Gasteiger partial charge in [-0.25, -0.2) is 0 Å². The number of aromatic hydroxyl groups is 1. The minimum Gasteiger partial charge on any atom is -0.504 e. The van der Waals surface area contributed by atoms with Crippen molar-refractivity contribution in [3.63, 3.8) is 0 Å². The molecule has 0 heterocycles. The van der Waals surface area contributed by atoms with E-state index in [2.05, 4.69) is 12.2 Å². The number of hydrogen-bond acceptors (Lipinski definition) is 3. The lowest BCUT2D eigenvalue weighted by atomic mass is 10.1. The standard InChI is InChI=1S/C16H18ClNO2/c1-11(13-5-3-4-6-14(13)17)18-10-12-7-8-16(20-2)15(19)9-12/h3-9,11,18-19H,10H2,1-2H3/t11-/m1/s1. The van der Waals surface area contributed by atoms with E-state index in [0.29, 0.717) is 12.3 Å². The molecular weight excluding hydrogens is 274 g/mol. The van der Waals surface area contributed by atoms with Crippen LogP contribution in [0, 0.1) is 0 Å². The molecule has 0 bridgehead atoms. The highest BCUT2D eigenvalue weighted by molar-refractivity contribution is 6.31. The molecule has 0 saturated carbocycles. The van der Waals surface area contributed by atoms with Gasteiger partial charge >= 0.3 is 0 Å². The van der Waals surface area contributed by atoms with Crippen molar-refractivity contribution in [2.24, 2.45) is 0 Å². The summed E-state index contributed by atoms with van der Waals surface area (Å²) >= 11 is 6.17. The summed E-state index contributed by atoms with van der Waals surface area (Å²) in [6.45, 7) is 2.70. The van der Waals surface area contributed by atoms with Gasteiger partial charge in [-0.3, -0.25) is 0 Å². The molecule has 0 unspecified atom stereocenters. The van der Waals surface area contributed by atoms with E-state index in [-0.39, 0.29) is 11.8 Å². The third kappa shape index (κ3) is 3.44. The molecule has 4 heteroatoms. The number of phenols is 1. The van der Waals surface area contributed by atoms with E-state index < -0.39 is 0 Å². The summed E-state index contributed by atoms with van der Waals surface area (Å²) in [5.74, 6) is 0.630. The van der Waals surface area contributed by atoms with E-state index in [1.807, 2.05) is 30.3 Å². The van der Waals surface area contributed by atoms with Crippen LogP contribution in [0.4, 0.5) is 0 Å². The molecule has 0 aliphatic heterocycles. The number of methoxy groups -OCH3 is 1. The minimum absolute atomic E-state index is 0.132. The quantitative estimate of drug-likeness (QED) is 0.878. The monoisotopic (exact) mass is 291 g/mol. The summed E-state index contributed by atoms with van der Waals surface area (Å²) in [5, 5.41) is 13.9. The van der Waals surface area contributed by atoms with Crippen molar-refractivity contribution in [2.45, 2.75) is 19.5 Å². The Hall–Kier alpha value is -1.71. The van der Waals surface area contributed by atoms with E-state index in [1.54, 1.807) is 12.1 Å². The van der Waals surface area contributed by atoms with Crippen molar-refractivity contribution >= 4 is 11.6 Å². The lowest BCUT2D eigenvalue weighted by Gasteiger charge is -2.16. The van der Waals surface area contributed by atoms with E-state index in [1.165, 1.54) is 7.11 Å². The Morgan fingerprint density at radius 2 is 2.00 bits per heavy atom. The molecular formula is C16H18ClNO2. The first-order valence-corrected chi connectivity index (χ1v) is 6.83. The normalized spacial score (nSPS) is 12.2. The third-order valence-corrected chi connectivity index (χ3v) is 3.57. The van der Waals surface area contributed by atoms with Crippen molar-refractivity contribution in [1.82, 2.24) is 5.32 Å². The van der Waals surface area contributed by atoms with Crippen LogP contribution in [0.25, 0.3) is 0 Å². The summed E-state index contributed by atoms with van der Waals surface area (Å²) in [7, 11) is 1.53. The van der Waals surface area contributed by atoms with Gasteiger partial charge < -0.3 is 15.2 Å². The number of benzene rings is 2. The lowest BCUT2D eigenvalue weighted by Crippen LogP contribution is -2.18. The average molecular weight is 292 g/mol. The van der Waals surface area contributed by atoms with Crippen LogP contribution in [0.1, 0.15) is 24.1 Å². The predicted molar refractivity (Wildman–Crippen MR) is 81.4 cm³/mol. The summed E-state index contributed by atoms with van der Waals surface area (Å²) in [4.78, 5) is 0. The van der Waals surface area contributed by atoms with Gasteiger partial charge in [0.1, 0.15) is 0 Å². The second-order valence-corrected chi connectivity index (χ2v) is 5.04. The largest absolute Gasteiger partial charge is 0.504 e. The second-order valence-electron chi connectivity index (χ2n) is 4.63. The highest BCUT2D eigenvalue weighted by Gasteiger charge is 2.09. The Morgan fingerprint density at radius 1 is 1.25 bits per heavy atom. The predicted octanol–water partition coefficient (Wildman–Crippen LogP) is 3.91. The van der Waals surface area contributed by atoms with Crippen LogP contribution >= 0.6 is 11.6 Å². The van der Waals surface area contributed by atoms with Gasteiger partial charge in [0.25, 0.3) is 0 Å². The van der Waals surface area contributed by atoms with Crippen LogP contribution in [0.5, 0.6) is 11.5 Å².